The molecule has 1 aromatic heterocycles. The molecule has 102 valence electrons. The van der Waals surface area contributed by atoms with Crippen LogP contribution in [0.3, 0.4) is 0 Å². The van der Waals surface area contributed by atoms with Gasteiger partial charge in [-0.05, 0) is 11.6 Å². The zero-order chi connectivity index (χ0) is 13.8. The van der Waals surface area contributed by atoms with Gasteiger partial charge in [0.25, 0.3) is 0 Å². The molecule has 0 amide bonds. The van der Waals surface area contributed by atoms with Gasteiger partial charge in [0.05, 0.1) is 5.70 Å². The van der Waals surface area contributed by atoms with E-state index in [1.54, 1.807) is 0 Å². The van der Waals surface area contributed by atoms with Gasteiger partial charge in [0.15, 0.2) is 5.82 Å². The Kier molecular flexibility index (Phi) is 4.03. The van der Waals surface area contributed by atoms with Gasteiger partial charge in [0.1, 0.15) is 13.3 Å². The summed E-state index contributed by atoms with van der Waals surface area (Å²) in [7, 11) is 0. The molecular formula is C12H11F3N2O2. The maximum atomic E-state index is 13.0. The van der Waals surface area contributed by atoms with Crippen LogP contribution in [0.1, 0.15) is 5.56 Å². The van der Waals surface area contributed by atoms with E-state index in [0.29, 0.717) is 11.3 Å². The number of rotatable bonds is 5. The number of carbonyl (C=O) groups excluding carboxylic acids is 1. The Labute approximate surface area is 107 Å². The SMILES string of the molecule is O=C1C=C(N(CCF)Cc2cnc(F)c(F)c2)CO1. The first-order chi connectivity index (χ1) is 9.10. The maximum absolute atomic E-state index is 13.0. The molecule has 0 unspecified atom stereocenters. The topological polar surface area (TPSA) is 42.4 Å². The number of hydrogen-bond acceptors (Lipinski definition) is 4. The summed E-state index contributed by atoms with van der Waals surface area (Å²) in [5.74, 6) is -2.74. The molecule has 0 spiro atoms. The summed E-state index contributed by atoms with van der Waals surface area (Å²) < 4.78 is 43.0. The van der Waals surface area contributed by atoms with E-state index in [1.807, 2.05) is 0 Å². The Bertz CT molecular complexity index is 520. The molecule has 2 rings (SSSR count). The number of aromatic nitrogens is 1. The molecule has 1 aliphatic heterocycles. The van der Waals surface area contributed by atoms with E-state index < -0.39 is 24.4 Å². The number of alkyl halides is 1. The van der Waals surface area contributed by atoms with Crippen LogP contribution >= 0.6 is 0 Å². The molecule has 0 saturated carbocycles. The lowest BCUT2D eigenvalue weighted by atomic mass is 10.2. The minimum Gasteiger partial charge on any atom is -0.456 e. The molecule has 0 aliphatic carbocycles. The molecule has 2 heterocycles. The minimum absolute atomic E-state index is 0.0292. The van der Waals surface area contributed by atoms with Gasteiger partial charge in [-0.3, -0.25) is 0 Å². The van der Waals surface area contributed by atoms with Crippen molar-refractivity contribution in [2.24, 2.45) is 0 Å². The summed E-state index contributed by atoms with van der Waals surface area (Å²) in [6, 6.07) is 0.992. The van der Waals surface area contributed by atoms with E-state index in [4.69, 9.17) is 4.74 Å². The normalized spacial score (nSPS) is 14.3. The van der Waals surface area contributed by atoms with Crippen molar-refractivity contribution in [3.8, 4) is 0 Å². The van der Waals surface area contributed by atoms with E-state index in [0.717, 1.165) is 6.07 Å². The Morgan fingerprint density at radius 2 is 2.21 bits per heavy atom. The highest BCUT2D eigenvalue weighted by molar-refractivity contribution is 5.85. The zero-order valence-corrected chi connectivity index (χ0v) is 9.91. The Hall–Kier alpha value is -2.05. The summed E-state index contributed by atoms with van der Waals surface area (Å²) in [6.45, 7) is -0.434. The van der Waals surface area contributed by atoms with Gasteiger partial charge >= 0.3 is 5.97 Å². The average molecular weight is 272 g/mol. The van der Waals surface area contributed by atoms with Gasteiger partial charge in [-0.2, -0.15) is 4.39 Å². The average Bonchev–Trinajstić information content (AvgIpc) is 2.80. The number of hydrogen-bond donors (Lipinski definition) is 0. The highest BCUT2D eigenvalue weighted by Gasteiger charge is 2.19. The molecular weight excluding hydrogens is 261 g/mol. The van der Waals surface area contributed by atoms with Crippen LogP contribution in [-0.2, 0) is 16.1 Å². The van der Waals surface area contributed by atoms with Crippen molar-refractivity contribution in [3.63, 3.8) is 0 Å². The molecule has 19 heavy (non-hydrogen) atoms. The van der Waals surface area contributed by atoms with Crippen molar-refractivity contribution in [1.82, 2.24) is 9.88 Å². The molecule has 0 fully saturated rings. The third-order valence-electron chi connectivity index (χ3n) is 2.63. The van der Waals surface area contributed by atoms with Crippen LogP contribution in [0.5, 0.6) is 0 Å². The van der Waals surface area contributed by atoms with Crippen molar-refractivity contribution in [2.75, 3.05) is 19.8 Å². The van der Waals surface area contributed by atoms with Crippen LogP contribution in [0.25, 0.3) is 0 Å². The van der Waals surface area contributed by atoms with Crippen LogP contribution in [-0.4, -0.2) is 35.7 Å². The monoisotopic (exact) mass is 272 g/mol. The lowest BCUT2D eigenvalue weighted by Gasteiger charge is -2.23. The van der Waals surface area contributed by atoms with Gasteiger partial charge in [0.2, 0.25) is 5.95 Å². The summed E-state index contributed by atoms with van der Waals surface area (Å²) >= 11 is 0. The lowest BCUT2D eigenvalue weighted by Crippen LogP contribution is -2.26. The van der Waals surface area contributed by atoms with E-state index in [9.17, 15) is 18.0 Å². The van der Waals surface area contributed by atoms with Crippen LogP contribution in [0.4, 0.5) is 13.2 Å². The second kappa shape index (κ2) is 5.73. The second-order valence-corrected chi connectivity index (χ2v) is 3.97. The summed E-state index contributed by atoms with van der Waals surface area (Å²) in [5, 5.41) is 0. The number of cyclic esters (lactones) is 1. The number of nitrogens with zero attached hydrogens (tertiary/aromatic N) is 2. The molecule has 0 atom stereocenters. The fourth-order valence-electron chi connectivity index (χ4n) is 1.74. The van der Waals surface area contributed by atoms with Crippen molar-refractivity contribution in [3.05, 3.63) is 41.4 Å². The Morgan fingerprint density at radius 1 is 1.42 bits per heavy atom. The predicted octanol–water partition coefficient (Wildman–Crippen LogP) is 1.57. The van der Waals surface area contributed by atoms with Crippen molar-refractivity contribution < 1.29 is 22.7 Å². The smallest absolute Gasteiger partial charge is 0.333 e. The summed E-state index contributed by atoms with van der Waals surface area (Å²) in [5.41, 5.74) is 0.889. The first kappa shape index (κ1) is 13.4. The van der Waals surface area contributed by atoms with E-state index >= 15 is 0 Å². The Balaban J connectivity index is 2.14. The Morgan fingerprint density at radius 3 is 2.79 bits per heavy atom. The van der Waals surface area contributed by atoms with Crippen LogP contribution < -0.4 is 0 Å². The number of esters is 1. The second-order valence-electron chi connectivity index (χ2n) is 3.97. The first-order valence-corrected chi connectivity index (χ1v) is 5.58. The fourth-order valence-corrected chi connectivity index (χ4v) is 1.74. The highest BCUT2D eigenvalue weighted by Crippen LogP contribution is 2.16. The van der Waals surface area contributed by atoms with Gasteiger partial charge in [0, 0.05) is 25.4 Å². The van der Waals surface area contributed by atoms with Gasteiger partial charge in [-0.1, -0.05) is 0 Å². The first-order valence-electron chi connectivity index (χ1n) is 5.58. The summed E-state index contributed by atoms with van der Waals surface area (Å²) in [4.78, 5) is 15.8. The lowest BCUT2D eigenvalue weighted by molar-refractivity contribution is -0.135. The van der Waals surface area contributed by atoms with Crippen LogP contribution in [0.2, 0.25) is 0 Å². The third-order valence-corrected chi connectivity index (χ3v) is 2.63. The van der Waals surface area contributed by atoms with Gasteiger partial charge in [-0.15, -0.1) is 0 Å². The molecule has 0 saturated heterocycles. The zero-order valence-electron chi connectivity index (χ0n) is 9.91. The number of carbonyl (C=O) groups is 1. The third kappa shape index (κ3) is 3.24. The largest absolute Gasteiger partial charge is 0.456 e. The maximum Gasteiger partial charge on any atom is 0.333 e. The molecule has 1 aromatic rings. The highest BCUT2D eigenvalue weighted by atomic mass is 19.2. The molecule has 0 bridgehead atoms. The standard InChI is InChI=1S/C12H11F3N2O2/c13-1-2-17(9-4-11(18)19-7-9)6-8-3-10(14)12(15)16-5-8/h3-5H,1-2,6-7H2. The van der Waals surface area contributed by atoms with Gasteiger partial charge in [-0.25, -0.2) is 18.6 Å². The quantitative estimate of drug-likeness (QED) is 0.603. The van der Waals surface area contributed by atoms with Crippen LogP contribution in [0.15, 0.2) is 24.0 Å². The van der Waals surface area contributed by atoms with Crippen molar-refractivity contribution in [1.29, 1.82) is 0 Å². The number of ether oxygens (including phenoxy) is 1. The molecule has 0 N–H and O–H groups in total. The molecule has 0 radical (unpaired) electrons. The van der Waals surface area contributed by atoms with E-state index in [-0.39, 0.29) is 19.7 Å². The van der Waals surface area contributed by atoms with Crippen molar-refractivity contribution in [2.45, 2.75) is 6.54 Å². The minimum atomic E-state index is -1.18. The molecule has 7 heteroatoms. The number of halogens is 3. The van der Waals surface area contributed by atoms with Gasteiger partial charge < -0.3 is 9.64 Å². The summed E-state index contributed by atoms with van der Waals surface area (Å²) in [6.07, 6.45) is 2.42. The van der Waals surface area contributed by atoms with E-state index in [1.165, 1.54) is 17.2 Å². The molecule has 4 nitrogen and oxygen atoms in total. The number of pyridine rings is 1. The van der Waals surface area contributed by atoms with Crippen LogP contribution in [0, 0.1) is 11.8 Å². The fraction of sp³-hybridized carbons (Fsp3) is 0.333. The molecule has 1 aliphatic rings. The molecule has 0 aromatic carbocycles. The predicted molar refractivity (Wildman–Crippen MR) is 59.6 cm³/mol. The van der Waals surface area contributed by atoms with Crippen molar-refractivity contribution >= 4 is 5.97 Å². The van der Waals surface area contributed by atoms with E-state index in [2.05, 4.69) is 4.98 Å².